The molecule has 0 aliphatic carbocycles. The number of guanidine groups is 1. The maximum absolute atomic E-state index is 14.3. The molecule has 402 valence electrons. The number of nitrogens with one attached hydrogen (secondary N) is 7. The number of benzene rings is 2. The molecule has 0 aliphatic heterocycles. The van der Waals surface area contributed by atoms with E-state index in [1.54, 1.807) is 27.7 Å². The van der Waals surface area contributed by atoms with Gasteiger partial charge in [-0.3, -0.25) is 48.1 Å². The molecule has 0 radical (unpaired) electrons. The van der Waals surface area contributed by atoms with Crippen LogP contribution in [0.25, 0.3) is 0 Å². The van der Waals surface area contributed by atoms with Gasteiger partial charge in [0.2, 0.25) is 47.3 Å². The predicted octanol–water partition coefficient (Wildman–Crippen LogP) is -2.79. The number of rotatable bonds is 32. The van der Waals surface area contributed by atoms with Crippen LogP contribution in [0.3, 0.4) is 0 Å². The molecular weight excluding hydrogens is 957 g/mol. The molecule has 19 N–H and O–H groups in total. The van der Waals surface area contributed by atoms with Crippen LogP contribution in [0, 0.1) is 11.8 Å². The van der Waals surface area contributed by atoms with Crippen LogP contribution < -0.4 is 60.2 Å². The smallest absolute Gasteiger partial charge is 0.326 e. The number of carboxylic acids is 2. The minimum Gasteiger partial charge on any atom is -0.508 e. The van der Waals surface area contributed by atoms with Crippen molar-refractivity contribution in [2.45, 2.75) is 128 Å². The molecule has 0 saturated heterocycles. The highest BCUT2D eigenvalue weighted by Crippen LogP contribution is 2.15. The lowest BCUT2D eigenvalue weighted by molar-refractivity contribution is -0.143. The van der Waals surface area contributed by atoms with Crippen LogP contribution in [0.4, 0.5) is 0 Å². The Kier molecular flexibility index (Phi) is 25.7. The molecule has 2 rings (SSSR count). The summed E-state index contributed by atoms with van der Waals surface area (Å²) in [5.41, 5.74) is 22.8. The van der Waals surface area contributed by atoms with Crippen molar-refractivity contribution in [1.29, 1.82) is 0 Å². The number of carboxylic acid groups (broad SMARTS) is 2. The molecule has 0 heterocycles. The van der Waals surface area contributed by atoms with Crippen LogP contribution in [0.15, 0.2) is 53.5 Å². The standard InChI is InChI=1S/C47H70N12O14/c1-24(2)20-35(46(72)73)58-42(68)32(16-18-38(64)65)55-41(67)31(15-17-36(49)62)56-43(69)34(22-27-9-13-29(61)14-10-27)57-45(71)39(25(3)4)59-44(70)33(21-26-7-11-28(60)12-8-26)54-37(63)23-53-40(66)30(48)6-5-19-52-47(50)51/h7-14,24-25,30-35,39,60-61H,5-6,15-23,48H2,1-4H3,(H2,49,62)(H,53,66)(H,54,63)(H,55,67)(H,56,69)(H,57,71)(H,58,68)(H,59,70)(H,64,65)(H,72,73)(H4,50,51,52)/t30-,31-,32-,33-,34-,35-,39-/m0/s1. The molecule has 2 aromatic carbocycles. The summed E-state index contributed by atoms with van der Waals surface area (Å²) in [5, 5.41) is 56.1. The van der Waals surface area contributed by atoms with Gasteiger partial charge in [-0.05, 0) is 79.3 Å². The minimum absolute atomic E-state index is 0.00699. The van der Waals surface area contributed by atoms with Gasteiger partial charge in [0, 0.05) is 32.2 Å². The highest BCUT2D eigenvalue weighted by Gasteiger charge is 2.35. The van der Waals surface area contributed by atoms with E-state index in [-0.39, 0.29) is 55.6 Å². The van der Waals surface area contributed by atoms with Gasteiger partial charge in [-0.2, -0.15) is 0 Å². The number of primary amides is 1. The summed E-state index contributed by atoms with van der Waals surface area (Å²) in [6, 6.07) is 1.13. The lowest BCUT2D eigenvalue weighted by Gasteiger charge is -2.29. The molecule has 0 spiro atoms. The maximum atomic E-state index is 14.3. The van der Waals surface area contributed by atoms with E-state index in [1.165, 1.54) is 48.5 Å². The molecule has 26 nitrogen and oxygen atoms in total. The number of carbonyl (C=O) groups is 10. The summed E-state index contributed by atoms with van der Waals surface area (Å²) in [6.45, 7) is 6.19. The highest BCUT2D eigenvalue weighted by atomic mass is 16.4. The van der Waals surface area contributed by atoms with Crippen molar-refractivity contribution in [3.63, 3.8) is 0 Å². The van der Waals surface area contributed by atoms with Crippen LogP contribution >= 0.6 is 0 Å². The van der Waals surface area contributed by atoms with E-state index in [2.05, 4.69) is 42.2 Å². The monoisotopic (exact) mass is 1030 g/mol. The first kappa shape index (κ1) is 61.1. The summed E-state index contributed by atoms with van der Waals surface area (Å²) in [7, 11) is 0. The largest absolute Gasteiger partial charge is 0.508 e. The number of carbonyl (C=O) groups excluding carboxylic acids is 8. The van der Waals surface area contributed by atoms with E-state index in [1.807, 2.05) is 0 Å². The molecule has 8 amide bonds. The van der Waals surface area contributed by atoms with Crippen LogP contribution in [-0.4, -0.2) is 141 Å². The van der Waals surface area contributed by atoms with Crippen LogP contribution in [0.5, 0.6) is 11.5 Å². The van der Waals surface area contributed by atoms with Gasteiger partial charge in [-0.1, -0.05) is 52.0 Å². The fourth-order valence-corrected chi connectivity index (χ4v) is 7.00. The summed E-state index contributed by atoms with van der Waals surface area (Å²) < 4.78 is 0. The fourth-order valence-electron chi connectivity index (χ4n) is 7.00. The summed E-state index contributed by atoms with van der Waals surface area (Å²) in [6.07, 6.45) is -2.00. The Morgan fingerprint density at radius 1 is 0.562 bits per heavy atom. The summed E-state index contributed by atoms with van der Waals surface area (Å²) in [4.78, 5) is 135. The Morgan fingerprint density at radius 3 is 1.47 bits per heavy atom. The van der Waals surface area contributed by atoms with Crippen molar-refractivity contribution >= 4 is 65.2 Å². The van der Waals surface area contributed by atoms with E-state index in [0.29, 0.717) is 17.5 Å². The number of phenols is 2. The van der Waals surface area contributed by atoms with Crippen molar-refractivity contribution in [3.8, 4) is 11.5 Å². The van der Waals surface area contributed by atoms with E-state index in [4.69, 9.17) is 22.9 Å². The first-order valence-electron chi connectivity index (χ1n) is 23.4. The Bertz CT molecular complexity index is 2260. The van der Waals surface area contributed by atoms with Crippen LogP contribution in [-0.2, 0) is 60.8 Å². The Balaban J connectivity index is 2.44. The average Bonchev–Trinajstić information content (AvgIpc) is 3.31. The summed E-state index contributed by atoms with van der Waals surface area (Å²) >= 11 is 0. The first-order valence-corrected chi connectivity index (χ1v) is 23.4. The second kappa shape index (κ2) is 30.7. The molecule has 0 bridgehead atoms. The molecule has 0 aliphatic rings. The van der Waals surface area contributed by atoms with Gasteiger partial charge in [0.1, 0.15) is 47.8 Å². The molecule has 7 atom stereocenters. The Morgan fingerprint density at radius 2 is 1.01 bits per heavy atom. The van der Waals surface area contributed by atoms with Crippen molar-refractivity contribution in [2.75, 3.05) is 13.1 Å². The lowest BCUT2D eigenvalue weighted by Crippen LogP contribution is -2.61. The number of amides is 8. The average molecular weight is 1030 g/mol. The van der Waals surface area contributed by atoms with Crippen LogP contribution in [0.2, 0.25) is 0 Å². The Hall–Kier alpha value is -8.03. The number of aliphatic carboxylic acids is 2. The topological polar surface area (TPSA) is 452 Å². The Labute approximate surface area is 421 Å². The number of phenolic OH excluding ortho intramolecular Hbond substituents is 2. The first-order chi connectivity index (χ1) is 34.2. The fraction of sp³-hybridized carbons (Fsp3) is 0.511. The normalized spacial score (nSPS) is 13.8. The summed E-state index contributed by atoms with van der Waals surface area (Å²) in [5.74, 6) is -11.3. The third-order valence-corrected chi connectivity index (χ3v) is 10.9. The third kappa shape index (κ3) is 23.6. The van der Waals surface area contributed by atoms with E-state index < -0.39 is 140 Å². The molecule has 0 unspecified atom stereocenters. The van der Waals surface area contributed by atoms with Crippen molar-refractivity contribution in [3.05, 3.63) is 59.7 Å². The quantitative estimate of drug-likeness (QED) is 0.0200. The molecule has 2 aromatic rings. The third-order valence-electron chi connectivity index (χ3n) is 10.9. The number of aromatic hydroxyl groups is 2. The zero-order chi connectivity index (χ0) is 54.9. The van der Waals surface area contributed by atoms with Crippen molar-refractivity contribution in [1.82, 2.24) is 37.2 Å². The number of nitrogens with two attached hydrogens (primary N) is 4. The van der Waals surface area contributed by atoms with Gasteiger partial charge in [0.05, 0.1) is 12.6 Å². The zero-order valence-corrected chi connectivity index (χ0v) is 41.2. The SMILES string of the molecule is CC(C)C[C@H](NC(=O)[C@H](CCC(=O)O)NC(=O)[C@H](CCC(N)=O)NC(=O)[C@H](Cc1ccc(O)cc1)NC(=O)[C@@H](NC(=O)[C@H](Cc1ccc(O)cc1)NC(=O)CNC(=O)[C@@H](N)CCCN=C(N)N)C(C)C)C(=O)O. The maximum Gasteiger partial charge on any atom is 0.326 e. The van der Waals surface area contributed by atoms with Crippen LogP contribution in [0.1, 0.15) is 83.8 Å². The van der Waals surface area contributed by atoms with Gasteiger partial charge in [-0.15, -0.1) is 0 Å². The van der Waals surface area contributed by atoms with Crippen molar-refractivity contribution < 1.29 is 68.4 Å². The second-order valence-corrected chi connectivity index (χ2v) is 18.0. The van der Waals surface area contributed by atoms with Gasteiger partial charge < -0.3 is 80.6 Å². The van der Waals surface area contributed by atoms with Gasteiger partial charge >= 0.3 is 11.9 Å². The van der Waals surface area contributed by atoms with E-state index >= 15 is 0 Å². The highest BCUT2D eigenvalue weighted by molar-refractivity contribution is 5.97. The lowest BCUT2D eigenvalue weighted by atomic mass is 9.99. The number of hydrogen-bond acceptors (Lipinski definition) is 14. The number of nitrogens with zero attached hydrogens (tertiary/aromatic N) is 1. The molecule has 73 heavy (non-hydrogen) atoms. The van der Waals surface area contributed by atoms with E-state index in [9.17, 15) is 68.4 Å². The number of hydrogen-bond donors (Lipinski definition) is 15. The van der Waals surface area contributed by atoms with Crippen molar-refractivity contribution in [2.24, 2.45) is 39.8 Å². The minimum atomic E-state index is -1.66. The van der Waals surface area contributed by atoms with Gasteiger partial charge in [0.25, 0.3) is 0 Å². The molecule has 0 aromatic heterocycles. The predicted molar refractivity (Wildman–Crippen MR) is 263 cm³/mol. The van der Waals surface area contributed by atoms with Gasteiger partial charge in [-0.25, -0.2) is 4.79 Å². The zero-order valence-electron chi connectivity index (χ0n) is 41.2. The molecule has 26 heteroatoms. The second-order valence-electron chi connectivity index (χ2n) is 18.0. The molecular formula is C47H70N12O14. The molecule has 0 fully saturated rings. The number of aliphatic imine (C=N–C) groups is 1. The van der Waals surface area contributed by atoms with E-state index in [0.717, 1.165) is 0 Å². The molecule has 0 saturated carbocycles. The van der Waals surface area contributed by atoms with Gasteiger partial charge in [0.15, 0.2) is 5.96 Å².